The first-order chi connectivity index (χ1) is 11.1. The minimum absolute atomic E-state index is 0.132. The van der Waals surface area contributed by atoms with Gasteiger partial charge >= 0.3 is 0 Å². The maximum absolute atomic E-state index is 13.0. The number of aromatic nitrogens is 1. The zero-order valence-corrected chi connectivity index (χ0v) is 13.5. The fraction of sp³-hybridized carbons (Fsp3) is 0.389. The quantitative estimate of drug-likeness (QED) is 0.840. The average molecular weight is 308 g/mol. The van der Waals surface area contributed by atoms with Crippen LogP contribution < -0.4 is 0 Å². The lowest BCUT2D eigenvalue weighted by molar-refractivity contribution is 0.0731. The highest BCUT2D eigenvalue weighted by atomic mass is 16.2. The number of hydrogen-bond donors (Lipinski definition) is 0. The van der Waals surface area contributed by atoms with Gasteiger partial charge in [-0.15, -0.1) is 0 Å². The van der Waals surface area contributed by atoms with E-state index in [-0.39, 0.29) is 11.9 Å². The maximum Gasteiger partial charge on any atom is 0.256 e. The van der Waals surface area contributed by atoms with Gasteiger partial charge in [0.2, 0.25) is 0 Å². The van der Waals surface area contributed by atoms with Gasteiger partial charge in [-0.25, -0.2) is 4.99 Å². The molecule has 1 amide bonds. The molecule has 0 saturated heterocycles. The monoisotopic (exact) mass is 308 g/mol. The van der Waals surface area contributed by atoms with Crippen molar-refractivity contribution in [3.8, 4) is 0 Å². The Morgan fingerprint density at radius 3 is 2.96 bits per heavy atom. The third kappa shape index (κ3) is 2.27. The smallest absolute Gasteiger partial charge is 0.256 e. The number of fused-ring (bicyclic) bond motifs is 3. The van der Waals surface area contributed by atoms with Crippen LogP contribution in [-0.2, 0) is 13.5 Å². The van der Waals surface area contributed by atoms with Crippen LogP contribution in [0.4, 0.5) is 0 Å². The molecule has 3 heterocycles. The normalized spacial score (nSPS) is 20.8. The van der Waals surface area contributed by atoms with Crippen molar-refractivity contribution in [3.63, 3.8) is 0 Å². The Kier molecular flexibility index (Phi) is 3.29. The van der Waals surface area contributed by atoms with E-state index in [1.165, 1.54) is 0 Å². The van der Waals surface area contributed by atoms with Gasteiger partial charge in [0.1, 0.15) is 6.34 Å². The first-order valence-electron chi connectivity index (χ1n) is 8.05. The third-order valence-corrected chi connectivity index (χ3v) is 4.87. The Morgan fingerprint density at radius 2 is 2.13 bits per heavy atom. The van der Waals surface area contributed by atoms with Gasteiger partial charge in [-0.1, -0.05) is 18.2 Å². The Morgan fingerprint density at radius 1 is 1.30 bits per heavy atom. The molecule has 5 heteroatoms. The van der Waals surface area contributed by atoms with Gasteiger partial charge in [0.05, 0.1) is 11.6 Å². The Balaban J connectivity index is 1.66. The Bertz CT molecular complexity index is 846. The summed E-state index contributed by atoms with van der Waals surface area (Å²) in [6, 6.07) is 8.28. The molecule has 1 atom stereocenters. The highest BCUT2D eigenvalue weighted by Crippen LogP contribution is 2.30. The van der Waals surface area contributed by atoms with Crippen molar-refractivity contribution in [3.05, 3.63) is 35.5 Å². The summed E-state index contributed by atoms with van der Waals surface area (Å²) in [5.41, 5.74) is 4.24. The number of aryl methyl sites for hydroxylation is 1. The lowest BCUT2D eigenvalue weighted by Crippen LogP contribution is -2.42. The van der Waals surface area contributed by atoms with Crippen LogP contribution in [0.3, 0.4) is 0 Å². The van der Waals surface area contributed by atoms with Crippen LogP contribution in [0.1, 0.15) is 29.4 Å². The molecule has 0 fully saturated rings. The summed E-state index contributed by atoms with van der Waals surface area (Å²) in [6.07, 6.45) is 3.36. The van der Waals surface area contributed by atoms with Gasteiger partial charge < -0.3 is 9.47 Å². The predicted molar refractivity (Wildman–Crippen MR) is 92.5 cm³/mol. The second kappa shape index (κ2) is 5.33. The Labute approximate surface area is 135 Å². The topological polar surface area (TPSA) is 50.0 Å². The Hall–Kier alpha value is -2.43. The van der Waals surface area contributed by atoms with E-state index in [0.29, 0.717) is 6.54 Å². The van der Waals surface area contributed by atoms with E-state index < -0.39 is 0 Å². The van der Waals surface area contributed by atoms with E-state index in [9.17, 15) is 4.79 Å². The molecular weight excluding hydrogens is 288 g/mol. The summed E-state index contributed by atoms with van der Waals surface area (Å²) < 4.78 is 2.16. The van der Waals surface area contributed by atoms with Crippen molar-refractivity contribution in [1.82, 2.24) is 9.47 Å². The van der Waals surface area contributed by atoms with E-state index in [2.05, 4.69) is 27.7 Å². The van der Waals surface area contributed by atoms with Gasteiger partial charge in [0.15, 0.2) is 0 Å². The molecular formula is C18H20N4O. The number of para-hydroxylation sites is 1. The third-order valence-electron chi connectivity index (χ3n) is 4.87. The zero-order valence-electron chi connectivity index (χ0n) is 13.5. The molecule has 5 nitrogen and oxygen atoms in total. The highest BCUT2D eigenvalue weighted by molar-refractivity contribution is 6.09. The first-order valence-corrected chi connectivity index (χ1v) is 8.05. The van der Waals surface area contributed by atoms with Gasteiger partial charge in [-0.05, 0) is 13.0 Å². The van der Waals surface area contributed by atoms with Gasteiger partial charge in [0, 0.05) is 55.3 Å². The molecule has 0 aliphatic carbocycles. The van der Waals surface area contributed by atoms with E-state index in [1.54, 1.807) is 6.34 Å². The lowest BCUT2D eigenvalue weighted by Gasteiger charge is -2.30. The van der Waals surface area contributed by atoms with E-state index in [1.807, 2.05) is 30.0 Å². The van der Waals surface area contributed by atoms with Gasteiger partial charge in [0.25, 0.3) is 5.91 Å². The molecule has 1 unspecified atom stereocenters. The number of benzene rings is 1. The number of aliphatic imine (C=N–C) groups is 2. The molecule has 4 rings (SSSR count). The van der Waals surface area contributed by atoms with E-state index in [4.69, 9.17) is 0 Å². The second-order valence-electron chi connectivity index (χ2n) is 6.39. The minimum Gasteiger partial charge on any atom is -0.347 e. The first kappa shape index (κ1) is 14.2. The fourth-order valence-corrected chi connectivity index (χ4v) is 3.69. The van der Waals surface area contributed by atoms with Gasteiger partial charge in [-0.3, -0.25) is 9.79 Å². The van der Waals surface area contributed by atoms with Crippen molar-refractivity contribution >= 4 is 28.9 Å². The van der Waals surface area contributed by atoms with Crippen molar-refractivity contribution in [2.45, 2.75) is 25.8 Å². The molecule has 1 aromatic carbocycles. The van der Waals surface area contributed by atoms with Crippen LogP contribution in [-0.4, -0.2) is 46.6 Å². The van der Waals surface area contributed by atoms with Crippen LogP contribution in [0.2, 0.25) is 0 Å². The van der Waals surface area contributed by atoms with E-state index in [0.717, 1.165) is 47.3 Å². The summed E-state index contributed by atoms with van der Waals surface area (Å²) in [7, 11) is 2.05. The zero-order chi connectivity index (χ0) is 16.0. The van der Waals surface area contributed by atoms with Gasteiger partial charge in [-0.2, -0.15) is 0 Å². The van der Waals surface area contributed by atoms with E-state index >= 15 is 0 Å². The molecule has 0 spiro atoms. The van der Waals surface area contributed by atoms with Crippen molar-refractivity contribution in [2.75, 3.05) is 13.1 Å². The maximum atomic E-state index is 13.0. The molecule has 0 N–H and O–H groups in total. The fourth-order valence-electron chi connectivity index (χ4n) is 3.69. The van der Waals surface area contributed by atoms with Crippen LogP contribution in [0.5, 0.6) is 0 Å². The number of hydrogen-bond acceptors (Lipinski definition) is 3. The molecule has 1 aromatic heterocycles. The molecule has 2 aliphatic heterocycles. The van der Waals surface area contributed by atoms with Crippen molar-refractivity contribution < 1.29 is 4.79 Å². The molecule has 2 aromatic rings. The molecule has 23 heavy (non-hydrogen) atoms. The van der Waals surface area contributed by atoms with Crippen LogP contribution in [0.15, 0.2) is 34.3 Å². The highest BCUT2D eigenvalue weighted by Gasteiger charge is 2.31. The summed E-state index contributed by atoms with van der Waals surface area (Å²) >= 11 is 0. The molecule has 0 bridgehead atoms. The number of nitrogens with zero attached hydrogens (tertiary/aromatic N) is 4. The number of carbonyl (C=O) groups excluding carboxylic acids is 1. The van der Waals surface area contributed by atoms with Crippen LogP contribution in [0.25, 0.3) is 10.9 Å². The van der Waals surface area contributed by atoms with Crippen LogP contribution in [0, 0.1) is 0 Å². The minimum atomic E-state index is 0.132. The molecule has 0 saturated carbocycles. The summed E-state index contributed by atoms with van der Waals surface area (Å²) in [6.45, 7) is 3.45. The average Bonchev–Trinajstić information content (AvgIpc) is 2.84. The number of carbonyl (C=O) groups is 1. The van der Waals surface area contributed by atoms with Crippen molar-refractivity contribution in [2.24, 2.45) is 17.0 Å². The molecule has 118 valence electrons. The summed E-state index contributed by atoms with van der Waals surface area (Å²) in [5, 5.41) is 1.06. The predicted octanol–water partition coefficient (Wildman–Crippen LogP) is 2.44. The SMILES string of the molecule is CC1=NC=NC(CN2CCc3c(c4ccccc4n3C)C2=O)C1. The van der Waals surface area contributed by atoms with Crippen molar-refractivity contribution in [1.29, 1.82) is 0 Å². The summed E-state index contributed by atoms with van der Waals surface area (Å²) in [5.74, 6) is 0.137. The number of amides is 1. The largest absolute Gasteiger partial charge is 0.347 e. The van der Waals surface area contributed by atoms with Crippen LogP contribution >= 0.6 is 0 Å². The summed E-state index contributed by atoms with van der Waals surface area (Å²) in [4.78, 5) is 23.6. The number of rotatable bonds is 2. The second-order valence-corrected chi connectivity index (χ2v) is 6.39. The molecule has 0 radical (unpaired) electrons. The standard InChI is InChI=1S/C18H20N4O/c1-12-9-13(20-11-19-12)10-22-8-7-16-17(18(22)23)14-5-3-4-6-15(14)21(16)2/h3-6,11,13H,7-10H2,1-2H3. The molecule has 2 aliphatic rings. The lowest BCUT2D eigenvalue weighted by atomic mass is 10.0.